The first-order valence-electron chi connectivity index (χ1n) is 4.95. The van der Waals surface area contributed by atoms with E-state index < -0.39 is 12.0 Å². The fourth-order valence-electron chi connectivity index (χ4n) is 2.36. The van der Waals surface area contributed by atoms with E-state index in [1.165, 1.54) is 0 Å². The standard InChI is InChI=1S/C10H19F2N/c1-4-13-10(8(11)12)6-5-9(2,3)7-10/h8,13H,4-7H2,1-3H3. The SMILES string of the molecule is CCNC1(C(F)F)CCC(C)(C)C1. The maximum absolute atomic E-state index is 12.9. The molecule has 78 valence electrons. The molecular weight excluding hydrogens is 172 g/mol. The van der Waals surface area contributed by atoms with Gasteiger partial charge in [0.25, 0.3) is 6.43 Å². The summed E-state index contributed by atoms with van der Waals surface area (Å²) < 4.78 is 25.7. The van der Waals surface area contributed by atoms with E-state index in [9.17, 15) is 8.78 Å². The number of halogens is 2. The highest BCUT2D eigenvalue weighted by atomic mass is 19.3. The minimum Gasteiger partial charge on any atom is -0.307 e. The van der Waals surface area contributed by atoms with Gasteiger partial charge in [-0.1, -0.05) is 20.8 Å². The van der Waals surface area contributed by atoms with Crippen molar-refractivity contribution in [3.8, 4) is 0 Å². The summed E-state index contributed by atoms with van der Waals surface area (Å²) in [6.45, 7) is 6.64. The third-order valence-corrected chi connectivity index (χ3v) is 2.99. The van der Waals surface area contributed by atoms with Crippen LogP contribution in [0.1, 0.15) is 40.0 Å². The Balaban J connectivity index is 2.71. The first-order valence-corrected chi connectivity index (χ1v) is 4.95. The molecule has 0 radical (unpaired) electrons. The lowest BCUT2D eigenvalue weighted by molar-refractivity contribution is 0.0284. The molecule has 0 saturated heterocycles. The summed E-state index contributed by atoms with van der Waals surface area (Å²) in [6.07, 6.45) is -0.157. The van der Waals surface area contributed by atoms with E-state index in [2.05, 4.69) is 19.2 Å². The van der Waals surface area contributed by atoms with Crippen molar-refractivity contribution in [1.82, 2.24) is 5.32 Å². The summed E-state index contributed by atoms with van der Waals surface area (Å²) in [5, 5.41) is 2.96. The predicted molar refractivity (Wildman–Crippen MR) is 50.0 cm³/mol. The number of alkyl halides is 2. The van der Waals surface area contributed by atoms with Gasteiger partial charge in [-0.2, -0.15) is 0 Å². The summed E-state index contributed by atoms with van der Waals surface area (Å²) >= 11 is 0. The Kier molecular flexibility index (Phi) is 2.95. The maximum atomic E-state index is 12.9. The van der Waals surface area contributed by atoms with E-state index in [0.717, 1.165) is 6.42 Å². The van der Waals surface area contributed by atoms with Crippen LogP contribution in [0.2, 0.25) is 0 Å². The minimum absolute atomic E-state index is 0.0681. The van der Waals surface area contributed by atoms with Crippen LogP contribution in [0, 0.1) is 5.41 Å². The van der Waals surface area contributed by atoms with E-state index in [1.54, 1.807) is 0 Å². The van der Waals surface area contributed by atoms with Crippen LogP contribution in [0.25, 0.3) is 0 Å². The number of hydrogen-bond acceptors (Lipinski definition) is 1. The molecule has 1 fully saturated rings. The van der Waals surface area contributed by atoms with Crippen LogP contribution in [0.15, 0.2) is 0 Å². The predicted octanol–water partition coefficient (Wildman–Crippen LogP) is 2.81. The van der Waals surface area contributed by atoms with Crippen molar-refractivity contribution in [3.05, 3.63) is 0 Å². The lowest BCUT2D eigenvalue weighted by atomic mass is 9.88. The molecule has 0 aromatic rings. The van der Waals surface area contributed by atoms with Crippen LogP contribution >= 0.6 is 0 Å². The summed E-state index contributed by atoms with van der Waals surface area (Å²) in [6, 6.07) is 0. The second-order valence-corrected chi connectivity index (χ2v) is 4.83. The van der Waals surface area contributed by atoms with Gasteiger partial charge in [-0.25, -0.2) is 8.78 Å². The largest absolute Gasteiger partial charge is 0.307 e. The molecule has 1 nitrogen and oxygen atoms in total. The smallest absolute Gasteiger partial charge is 0.256 e. The van der Waals surface area contributed by atoms with Crippen molar-refractivity contribution in [2.75, 3.05) is 6.54 Å². The van der Waals surface area contributed by atoms with Crippen molar-refractivity contribution in [2.45, 2.75) is 52.0 Å². The van der Waals surface area contributed by atoms with Crippen molar-refractivity contribution in [2.24, 2.45) is 5.41 Å². The molecule has 0 spiro atoms. The minimum atomic E-state index is -2.24. The van der Waals surface area contributed by atoms with Crippen LogP contribution < -0.4 is 5.32 Å². The summed E-state index contributed by atoms with van der Waals surface area (Å²) in [4.78, 5) is 0. The molecule has 0 aromatic heterocycles. The van der Waals surface area contributed by atoms with Gasteiger partial charge >= 0.3 is 0 Å². The average Bonchev–Trinajstić information content (AvgIpc) is 2.28. The molecule has 0 aromatic carbocycles. The van der Waals surface area contributed by atoms with Gasteiger partial charge in [0.05, 0.1) is 5.54 Å². The Morgan fingerprint density at radius 3 is 2.23 bits per heavy atom. The second kappa shape index (κ2) is 3.52. The van der Waals surface area contributed by atoms with E-state index in [1.807, 2.05) is 6.92 Å². The molecule has 1 atom stereocenters. The fourth-order valence-corrected chi connectivity index (χ4v) is 2.36. The van der Waals surface area contributed by atoms with Crippen LogP contribution in [0.5, 0.6) is 0 Å². The highest BCUT2D eigenvalue weighted by molar-refractivity contribution is 5.01. The maximum Gasteiger partial charge on any atom is 0.256 e. The number of hydrogen-bond donors (Lipinski definition) is 1. The second-order valence-electron chi connectivity index (χ2n) is 4.83. The Labute approximate surface area is 78.9 Å². The van der Waals surface area contributed by atoms with Gasteiger partial charge in [-0.3, -0.25) is 0 Å². The Morgan fingerprint density at radius 1 is 1.31 bits per heavy atom. The zero-order chi connectivity index (χ0) is 10.1. The van der Waals surface area contributed by atoms with Gasteiger partial charge in [-0.05, 0) is 31.2 Å². The van der Waals surface area contributed by atoms with Crippen molar-refractivity contribution in [1.29, 1.82) is 0 Å². The number of rotatable bonds is 3. The van der Waals surface area contributed by atoms with Crippen LogP contribution in [0.3, 0.4) is 0 Å². The van der Waals surface area contributed by atoms with Gasteiger partial charge in [0.15, 0.2) is 0 Å². The zero-order valence-electron chi connectivity index (χ0n) is 8.66. The molecule has 0 heterocycles. The lowest BCUT2D eigenvalue weighted by Crippen LogP contribution is -2.49. The molecule has 3 heteroatoms. The molecule has 0 aliphatic heterocycles. The molecule has 0 bridgehead atoms. The first kappa shape index (κ1) is 10.9. The monoisotopic (exact) mass is 191 g/mol. The zero-order valence-corrected chi connectivity index (χ0v) is 8.66. The van der Waals surface area contributed by atoms with Crippen LogP contribution in [-0.2, 0) is 0 Å². The third kappa shape index (κ3) is 2.19. The van der Waals surface area contributed by atoms with E-state index >= 15 is 0 Å². The third-order valence-electron chi connectivity index (χ3n) is 2.99. The normalized spacial score (nSPS) is 32.8. The lowest BCUT2D eigenvalue weighted by Gasteiger charge is -2.31. The highest BCUT2D eigenvalue weighted by Gasteiger charge is 2.48. The Bertz CT molecular complexity index is 180. The number of nitrogens with one attached hydrogen (secondary N) is 1. The summed E-state index contributed by atoms with van der Waals surface area (Å²) in [7, 11) is 0. The molecule has 1 rings (SSSR count). The van der Waals surface area contributed by atoms with Crippen molar-refractivity contribution < 1.29 is 8.78 Å². The molecule has 0 amide bonds. The summed E-state index contributed by atoms with van der Waals surface area (Å²) in [5.74, 6) is 0. The van der Waals surface area contributed by atoms with Gasteiger partial charge in [0, 0.05) is 0 Å². The highest BCUT2D eigenvalue weighted by Crippen LogP contribution is 2.46. The summed E-state index contributed by atoms with van der Waals surface area (Å²) in [5.41, 5.74) is -0.836. The topological polar surface area (TPSA) is 12.0 Å². The Morgan fingerprint density at radius 2 is 1.92 bits per heavy atom. The van der Waals surface area contributed by atoms with Crippen LogP contribution in [-0.4, -0.2) is 18.5 Å². The first-order chi connectivity index (χ1) is 5.92. The van der Waals surface area contributed by atoms with Gasteiger partial charge in [0.1, 0.15) is 0 Å². The molecule has 1 aliphatic rings. The average molecular weight is 191 g/mol. The van der Waals surface area contributed by atoms with Crippen LogP contribution in [0.4, 0.5) is 8.78 Å². The van der Waals surface area contributed by atoms with E-state index in [-0.39, 0.29) is 5.41 Å². The van der Waals surface area contributed by atoms with Gasteiger partial charge in [-0.15, -0.1) is 0 Å². The van der Waals surface area contributed by atoms with E-state index in [4.69, 9.17) is 0 Å². The van der Waals surface area contributed by atoms with Crippen molar-refractivity contribution >= 4 is 0 Å². The van der Waals surface area contributed by atoms with Gasteiger partial charge < -0.3 is 5.32 Å². The molecular formula is C10H19F2N. The fraction of sp³-hybridized carbons (Fsp3) is 1.00. The molecule has 1 N–H and O–H groups in total. The Hall–Kier alpha value is -0.180. The quantitative estimate of drug-likeness (QED) is 0.723. The van der Waals surface area contributed by atoms with E-state index in [0.29, 0.717) is 19.4 Å². The molecule has 1 aliphatic carbocycles. The molecule has 1 unspecified atom stereocenters. The molecule has 1 saturated carbocycles. The molecule has 13 heavy (non-hydrogen) atoms. The van der Waals surface area contributed by atoms with Gasteiger partial charge in [0.2, 0.25) is 0 Å². The van der Waals surface area contributed by atoms with Crippen molar-refractivity contribution in [3.63, 3.8) is 0 Å².